The van der Waals surface area contributed by atoms with Crippen molar-refractivity contribution in [3.63, 3.8) is 0 Å². The van der Waals surface area contributed by atoms with Gasteiger partial charge in [0.2, 0.25) is 0 Å². The second-order valence-electron chi connectivity index (χ2n) is 4.07. The van der Waals surface area contributed by atoms with Crippen molar-refractivity contribution in [2.75, 3.05) is 11.9 Å². The highest BCUT2D eigenvalue weighted by atomic mass is 16.3. The molecule has 0 saturated heterocycles. The van der Waals surface area contributed by atoms with Crippen LogP contribution in [0.4, 0.5) is 5.82 Å². The van der Waals surface area contributed by atoms with Crippen LogP contribution in [0.25, 0.3) is 0 Å². The molecule has 3 N–H and O–H groups in total. The first-order valence-corrected chi connectivity index (χ1v) is 6.21. The number of hydrogen-bond acceptors (Lipinski definition) is 5. The summed E-state index contributed by atoms with van der Waals surface area (Å²) in [5.41, 5.74) is 0.726. The van der Waals surface area contributed by atoms with Crippen molar-refractivity contribution >= 4 is 11.7 Å². The van der Waals surface area contributed by atoms with Crippen molar-refractivity contribution in [3.05, 3.63) is 47.9 Å². The summed E-state index contributed by atoms with van der Waals surface area (Å²) in [5, 5.41) is 20.6. The Morgan fingerprint density at radius 2 is 2.19 bits per heavy atom. The lowest BCUT2D eigenvalue weighted by molar-refractivity contribution is 0.102. The number of amides is 1. The molecule has 2 heterocycles. The first-order chi connectivity index (χ1) is 10.2. The van der Waals surface area contributed by atoms with Crippen molar-refractivity contribution < 1.29 is 15.0 Å². The summed E-state index contributed by atoms with van der Waals surface area (Å²) in [7, 11) is 0. The van der Waals surface area contributed by atoms with Crippen LogP contribution < -0.4 is 5.32 Å². The van der Waals surface area contributed by atoms with E-state index < -0.39 is 5.91 Å². The highest BCUT2D eigenvalue weighted by molar-refractivity contribution is 6.03. The van der Waals surface area contributed by atoms with E-state index in [-0.39, 0.29) is 17.9 Å². The Balaban J connectivity index is 2.11. The van der Waals surface area contributed by atoms with Crippen LogP contribution in [-0.4, -0.2) is 32.7 Å². The standard InChI is InChI=1S/C15H13N3O3/c19-7-2-1-4-12-5-3-6-14(17-12)18-15(21)11-8-13(20)10-16-9-11/h3,5-6,8-10,19-20H,2,7H2,(H,17,18,21). The number of aliphatic hydroxyl groups excluding tert-OH is 1. The number of rotatable bonds is 3. The van der Waals surface area contributed by atoms with E-state index >= 15 is 0 Å². The Morgan fingerprint density at radius 3 is 2.95 bits per heavy atom. The van der Waals surface area contributed by atoms with E-state index in [2.05, 4.69) is 27.1 Å². The Morgan fingerprint density at radius 1 is 1.33 bits per heavy atom. The van der Waals surface area contributed by atoms with Crippen molar-refractivity contribution in [2.24, 2.45) is 0 Å². The summed E-state index contributed by atoms with van der Waals surface area (Å²) in [4.78, 5) is 19.9. The maximum Gasteiger partial charge on any atom is 0.258 e. The highest BCUT2D eigenvalue weighted by Gasteiger charge is 2.08. The first-order valence-electron chi connectivity index (χ1n) is 6.21. The molecule has 1 amide bonds. The van der Waals surface area contributed by atoms with Crippen LogP contribution in [0.3, 0.4) is 0 Å². The summed E-state index contributed by atoms with van der Waals surface area (Å²) >= 11 is 0. The number of aromatic hydroxyl groups is 1. The summed E-state index contributed by atoms with van der Waals surface area (Å²) in [6.07, 6.45) is 2.96. The lowest BCUT2D eigenvalue weighted by atomic mass is 10.2. The Bertz CT molecular complexity index is 705. The van der Waals surface area contributed by atoms with Gasteiger partial charge >= 0.3 is 0 Å². The van der Waals surface area contributed by atoms with Crippen LogP contribution >= 0.6 is 0 Å². The number of aromatic nitrogens is 2. The molecule has 6 nitrogen and oxygen atoms in total. The summed E-state index contributed by atoms with van der Waals surface area (Å²) in [6, 6.07) is 6.36. The number of anilines is 1. The quantitative estimate of drug-likeness (QED) is 0.735. The van der Waals surface area contributed by atoms with E-state index in [1.807, 2.05) is 0 Å². The second kappa shape index (κ2) is 7.03. The summed E-state index contributed by atoms with van der Waals surface area (Å²) in [5.74, 6) is 5.37. The predicted molar refractivity (Wildman–Crippen MR) is 76.7 cm³/mol. The molecule has 21 heavy (non-hydrogen) atoms. The molecule has 2 rings (SSSR count). The molecule has 0 unspecified atom stereocenters. The molecule has 0 radical (unpaired) electrons. The number of carbonyl (C=O) groups excluding carboxylic acids is 1. The Labute approximate surface area is 121 Å². The van der Waals surface area contributed by atoms with Gasteiger partial charge in [-0.15, -0.1) is 0 Å². The molecule has 0 aliphatic carbocycles. The minimum absolute atomic E-state index is 0.00602. The molecule has 0 bridgehead atoms. The zero-order chi connectivity index (χ0) is 15.1. The molecule has 0 atom stereocenters. The van der Waals surface area contributed by atoms with Crippen LogP contribution in [0.1, 0.15) is 22.5 Å². The number of hydrogen-bond donors (Lipinski definition) is 3. The lowest BCUT2D eigenvalue weighted by Crippen LogP contribution is -2.13. The average Bonchev–Trinajstić information content (AvgIpc) is 2.48. The van der Waals surface area contributed by atoms with Gasteiger partial charge < -0.3 is 15.5 Å². The maximum atomic E-state index is 12.0. The van der Waals surface area contributed by atoms with E-state index in [9.17, 15) is 9.90 Å². The molecule has 0 aliphatic heterocycles. The first kappa shape index (κ1) is 14.5. The van der Waals surface area contributed by atoms with E-state index in [4.69, 9.17) is 5.11 Å². The normalized spacial score (nSPS) is 9.57. The molecule has 0 aromatic carbocycles. The summed E-state index contributed by atoms with van der Waals surface area (Å²) in [6.45, 7) is -0.00602. The smallest absolute Gasteiger partial charge is 0.258 e. The fourth-order valence-electron chi connectivity index (χ4n) is 1.52. The number of pyridine rings is 2. The average molecular weight is 283 g/mol. The van der Waals surface area contributed by atoms with Crippen molar-refractivity contribution in [1.82, 2.24) is 9.97 Å². The fraction of sp³-hybridized carbons (Fsp3) is 0.133. The molecule has 2 aromatic heterocycles. The van der Waals surface area contributed by atoms with Gasteiger partial charge in [-0.3, -0.25) is 9.78 Å². The third-order valence-electron chi connectivity index (χ3n) is 2.43. The van der Waals surface area contributed by atoms with Gasteiger partial charge in [0.1, 0.15) is 17.3 Å². The SMILES string of the molecule is O=C(Nc1cccc(C#CCCO)n1)c1cncc(O)c1. The molecule has 2 aromatic rings. The monoisotopic (exact) mass is 283 g/mol. The van der Waals surface area contributed by atoms with E-state index in [1.165, 1.54) is 18.5 Å². The topological polar surface area (TPSA) is 95.3 Å². The van der Waals surface area contributed by atoms with Crippen molar-refractivity contribution in [2.45, 2.75) is 6.42 Å². The van der Waals surface area contributed by atoms with E-state index in [0.29, 0.717) is 17.9 Å². The van der Waals surface area contributed by atoms with Crippen molar-refractivity contribution in [1.29, 1.82) is 0 Å². The van der Waals surface area contributed by atoms with Gasteiger partial charge in [0.15, 0.2) is 0 Å². The third-order valence-corrected chi connectivity index (χ3v) is 2.43. The van der Waals surface area contributed by atoms with Gasteiger partial charge in [0.25, 0.3) is 5.91 Å². The molecular formula is C15H13N3O3. The third kappa shape index (κ3) is 4.30. The molecule has 106 valence electrons. The van der Waals surface area contributed by atoms with Gasteiger partial charge in [0, 0.05) is 12.6 Å². The highest BCUT2D eigenvalue weighted by Crippen LogP contribution is 2.11. The van der Waals surface area contributed by atoms with E-state index in [0.717, 1.165) is 0 Å². The van der Waals surface area contributed by atoms with Gasteiger partial charge in [-0.25, -0.2) is 4.98 Å². The van der Waals surface area contributed by atoms with Crippen LogP contribution in [-0.2, 0) is 0 Å². The van der Waals surface area contributed by atoms with Crippen LogP contribution in [0.15, 0.2) is 36.7 Å². The van der Waals surface area contributed by atoms with Crippen molar-refractivity contribution in [3.8, 4) is 17.6 Å². The van der Waals surface area contributed by atoms with Crippen LogP contribution in [0, 0.1) is 11.8 Å². The molecule has 0 saturated carbocycles. The number of aliphatic hydroxyl groups is 1. The minimum atomic E-state index is -0.425. The van der Waals surface area contributed by atoms with Crippen LogP contribution in [0.5, 0.6) is 5.75 Å². The Hall–Kier alpha value is -2.91. The summed E-state index contributed by atoms with van der Waals surface area (Å²) < 4.78 is 0. The van der Waals surface area contributed by atoms with E-state index in [1.54, 1.807) is 18.2 Å². The molecular weight excluding hydrogens is 270 g/mol. The molecule has 0 spiro atoms. The zero-order valence-corrected chi connectivity index (χ0v) is 11.1. The molecule has 6 heteroatoms. The lowest BCUT2D eigenvalue weighted by Gasteiger charge is -2.04. The minimum Gasteiger partial charge on any atom is -0.506 e. The molecule has 0 aliphatic rings. The number of nitrogens with zero attached hydrogens (tertiary/aromatic N) is 2. The second-order valence-corrected chi connectivity index (χ2v) is 4.07. The maximum absolute atomic E-state index is 12.0. The van der Waals surface area contributed by atoms with Gasteiger partial charge in [-0.1, -0.05) is 12.0 Å². The largest absolute Gasteiger partial charge is 0.506 e. The zero-order valence-electron chi connectivity index (χ0n) is 11.1. The Kier molecular flexibility index (Phi) is 4.85. The van der Waals surface area contributed by atoms with Crippen LogP contribution in [0.2, 0.25) is 0 Å². The van der Waals surface area contributed by atoms with Gasteiger partial charge in [-0.05, 0) is 24.1 Å². The fourth-order valence-corrected chi connectivity index (χ4v) is 1.52. The molecule has 0 fully saturated rings. The van der Waals surface area contributed by atoms with Gasteiger partial charge in [-0.2, -0.15) is 0 Å². The number of nitrogens with one attached hydrogen (secondary N) is 1. The predicted octanol–water partition coefficient (Wildman–Crippen LogP) is 1.17. The van der Waals surface area contributed by atoms with Gasteiger partial charge in [0.05, 0.1) is 18.4 Å². The number of carbonyl (C=O) groups is 1.